The van der Waals surface area contributed by atoms with Gasteiger partial charge in [-0.2, -0.15) is 0 Å². The highest BCUT2D eigenvalue weighted by atomic mass is 16.5. The van der Waals surface area contributed by atoms with E-state index in [0.717, 1.165) is 17.7 Å². The van der Waals surface area contributed by atoms with Crippen molar-refractivity contribution in [2.24, 2.45) is 5.92 Å². The highest BCUT2D eigenvalue weighted by Gasteiger charge is 2.19. The van der Waals surface area contributed by atoms with Gasteiger partial charge >= 0.3 is 5.69 Å². The molecule has 7 heteroatoms. The Labute approximate surface area is 186 Å². The summed E-state index contributed by atoms with van der Waals surface area (Å²) in [4.78, 5) is 31.2. The molecule has 0 bridgehead atoms. The van der Waals surface area contributed by atoms with Gasteiger partial charge < -0.3 is 9.30 Å². The minimum Gasteiger partial charge on any atom is -0.492 e. The van der Waals surface area contributed by atoms with Crippen LogP contribution in [-0.2, 0) is 13.1 Å². The van der Waals surface area contributed by atoms with Gasteiger partial charge in [0.2, 0.25) is 0 Å². The van der Waals surface area contributed by atoms with Gasteiger partial charge in [0.1, 0.15) is 12.4 Å². The van der Waals surface area contributed by atoms with E-state index in [4.69, 9.17) is 4.74 Å². The van der Waals surface area contributed by atoms with E-state index < -0.39 is 0 Å². The predicted molar refractivity (Wildman–Crippen MR) is 126 cm³/mol. The van der Waals surface area contributed by atoms with Gasteiger partial charge in [-0.05, 0) is 43.5 Å². The van der Waals surface area contributed by atoms with E-state index >= 15 is 0 Å². The van der Waals surface area contributed by atoms with Gasteiger partial charge in [0.05, 0.1) is 18.6 Å². The Morgan fingerprint density at radius 1 is 0.969 bits per heavy atom. The molecule has 0 unspecified atom stereocenters. The fourth-order valence-corrected chi connectivity index (χ4v) is 3.64. The predicted octanol–water partition coefficient (Wildman–Crippen LogP) is 3.78. The Hall–Kier alpha value is -3.61. The second-order valence-electron chi connectivity index (χ2n) is 8.36. The summed E-state index contributed by atoms with van der Waals surface area (Å²) >= 11 is 0. The third-order valence-corrected chi connectivity index (χ3v) is 5.47. The van der Waals surface area contributed by atoms with Gasteiger partial charge in [0.25, 0.3) is 5.56 Å². The monoisotopic (exact) mass is 432 g/mol. The van der Waals surface area contributed by atoms with Crippen molar-refractivity contribution in [1.82, 2.24) is 18.7 Å². The zero-order valence-corrected chi connectivity index (χ0v) is 18.7. The van der Waals surface area contributed by atoms with E-state index in [1.165, 1.54) is 9.13 Å². The molecule has 0 aliphatic rings. The van der Waals surface area contributed by atoms with Crippen LogP contribution in [0.1, 0.15) is 25.8 Å². The highest BCUT2D eigenvalue weighted by molar-refractivity contribution is 5.72. The number of imidazole rings is 1. The van der Waals surface area contributed by atoms with Crippen molar-refractivity contribution in [2.45, 2.75) is 40.3 Å². The van der Waals surface area contributed by atoms with Crippen molar-refractivity contribution < 1.29 is 4.74 Å². The molecule has 7 nitrogen and oxygen atoms in total. The maximum atomic E-state index is 13.4. The summed E-state index contributed by atoms with van der Waals surface area (Å²) in [7, 11) is 0. The average Bonchev–Trinajstić information content (AvgIpc) is 3.19. The normalized spacial score (nSPS) is 11.4. The maximum Gasteiger partial charge on any atom is 0.337 e. The Morgan fingerprint density at radius 3 is 2.38 bits per heavy atom. The summed E-state index contributed by atoms with van der Waals surface area (Å²) in [6.45, 7) is 7.33. The molecule has 4 aromatic rings. The smallest absolute Gasteiger partial charge is 0.337 e. The molecule has 4 rings (SSSR count). The van der Waals surface area contributed by atoms with E-state index in [1.54, 1.807) is 10.9 Å². The lowest BCUT2D eigenvalue weighted by atomic mass is 10.1. The zero-order valence-electron chi connectivity index (χ0n) is 18.7. The molecule has 0 saturated carbocycles. The van der Waals surface area contributed by atoms with Crippen LogP contribution in [0.2, 0.25) is 0 Å². The number of benzene rings is 2. The van der Waals surface area contributed by atoms with Gasteiger partial charge in [-0.25, -0.2) is 14.3 Å². The summed E-state index contributed by atoms with van der Waals surface area (Å²) in [5.74, 6) is 1.14. The van der Waals surface area contributed by atoms with Crippen LogP contribution in [0.5, 0.6) is 5.75 Å². The number of hydrogen-bond donors (Lipinski definition) is 0. The third-order valence-electron chi connectivity index (χ3n) is 5.47. The fraction of sp³-hybridized carbons (Fsp3) is 0.320. The van der Waals surface area contributed by atoms with Crippen LogP contribution in [0.25, 0.3) is 16.9 Å². The minimum absolute atomic E-state index is 0.314. The van der Waals surface area contributed by atoms with Gasteiger partial charge in [-0.3, -0.25) is 9.36 Å². The Balaban J connectivity index is 1.79. The van der Waals surface area contributed by atoms with Crippen molar-refractivity contribution in [3.05, 3.63) is 87.3 Å². The average molecular weight is 433 g/mol. The fourth-order valence-electron chi connectivity index (χ4n) is 3.64. The first-order valence-electron chi connectivity index (χ1n) is 10.9. The maximum absolute atomic E-state index is 13.4. The second-order valence-corrected chi connectivity index (χ2v) is 8.36. The molecule has 0 aliphatic carbocycles. The second kappa shape index (κ2) is 9.26. The number of aryl methyl sites for hydroxylation is 1. The Kier molecular flexibility index (Phi) is 6.25. The molecular formula is C25H28N4O3. The van der Waals surface area contributed by atoms with Crippen LogP contribution < -0.4 is 16.0 Å². The number of aromatic nitrogens is 4. The van der Waals surface area contributed by atoms with E-state index in [2.05, 4.69) is 18.8 Å². The van der Waals surface area contributed by atoms with Crippen LogP contribution in [0, 0.1) is 12.8 Å². The van der Waals surface area contributed by atoms with E-state index in [9.17, 15) is 9.59 Å². The topological polar surface area (TPSA) is 71.0 Å². The number of para-hydroxylation sites is 1. The molecule has 0 atom stereocenters. The van der Waals surface area contributed by atoms with Crippen molar-refractivity contribution >= 4 is 11.2 Å². The standard InChI is InChI=1S/C25H28N4O3/c1-18(2)13-14-28-24(30)22-23(29(25(28)31)20-11-9-19(3)10-12-20)26-17-27(22)15-16-32-21-7-5-4-6-8-21/h4-12,17-18H,13-16H2,1-3H3. The Morgan fingerprint density at radius 2 is 1.69 bits per heavy atom. The summed E-state index contributed by atoms with van der Waals surface area (Å²) in [5.41, 5.74) is 1.88. The first-order chi connectivity index (χ1) is 15.5. The van der Waals surface area contributed by atoms with Gasteiger partial charge in [-0.15, -0.1) is 0 Å². The zero-order chi connectivity index (χ0) is 22.7. The summed E-state index contributed by atoms with van der Waals surface area (Å²) in [6.07, 6.45) is 2.34. The van der Waals surface area contributed by atoms with Crippen LogP contribution in [-0.4, -0.2) is 25.3 Å². The number of hydrogen-bond acceptors (Lipinski definition) is 4. The molecule has 0 fully saturated rings. The van der Waals surface area contributed by atoms with E-state index in [1.807, 2.05) is 61.5 Å². The van der Waals surface area contributed by atoms with Crippen molar-refractivity contribution in [1.29, 1.82) is 0 Å². The Bertz CT molecular complexity index is 1320. The van der Waals surface area contributed by atoms with Gasteiger partial charge in [-0.1, -0.05) is 49.7 Å². The summed E-state index contributed by atoms with van der Waals surface area (Å²) < 4.78 is 10.4. The largest absolute Gasteiger partial charge is 0.492 e. The molecule has 0 aliphatic heterocycles. The van der Waals surface area contributed by atoms with Crippen LogP contribution in [0.3, 0.4) is 0 Å². The number of nitrogens with zero attached hydrogens (tertiary/aromatic N) is 4. The first kappa shape index (κ1) is 21.6. The molecule has 2 aromatic heterocycles. The summed E-state index contributed by atoms with van der Waals surface area (Å²) in [5, 5.41) is 0. The van der Waals surface area contributed by atoms with Crippen molar-refractivity contribution in [3.8, 4) is 11.4 Å². The lowest BCUT2D eigenvalue weighted by molar-refractivity contribution is 0.300. The van der Waals surface area contributed by atoms with E-state index in [0.29, 0.717) is 42.5 Å². The highest BCUT2D eigenvalue weighted by Crippen LogP contribution is 2.15. The number of fused-ring (bicyclic) bond motifs is 1. The summed E-state index contributed by atoms with van der Waals surface area (Å²) in [6, 6.07) is 17.2. The lowest BCUT2D eigenvalue weighted by Gasteiger charge is -2.14. The molecule has 0 radical (unpaired) electrons. The first-order valence-corrected chi connectivity index (χ1v) is 10.9. The van der Waals surface area contributed by atoms with Crippen molar-refractivity contribution in [3.63, 3.8) is 0 Å². The third kappa shape index (κ3) is 4.37. The molecule has 0 spiro atoms. The number of rotatable bonds is 8. The van der Waals surface area contributed by atoms with Gasteiger partial charge in [0, 0.05) is 6.54 Å². The number of ether oxygens (including phenoxy) is 1. The molecule has 0 saturated heterocycles. The van der Waals surface area contributed by atoms with E-state index in [-0.39, 0.29) is 11.2 Å². The van der Waals surface area contributed by atoms with Crippen molar-refractivity contribution in [2.75, 3.05) is 6.61 Å². The van der Waals surface area contributed by atoms with Gasteiger partial charge in [0.15, 0.2) is 11.2 Å². The molecule has 0 N–H and O–H groups in total. The SMILES string of the molecule is Cc1ccc(-n2c(=O)n(CCC(C)C)c(=O)c3c2ncn3CCOc2ccccc2)cc1. The van der Waals surface area contributed by atoms with Crippen LogP contribution in [0.15, 0.2) is 70.5 Å². The molecule has 2 heterocycles. The quantitative estimate of drug-likeness (QED) is 0.425. The molecule has 166 valence electrons. The van der Waals surface area contributed by atoms with Crippen LogP contribution in [0.4, 0.5) is 0 Å². The molecule has 32 heavy (non-hydrogen) atoms. The van der Waals surface area contributed by atoms with Crippen LogP contribution >= 0.6 is 0 Å². The molecular weight excluding hydrogens is 404 g/mol. The minimum atomic E-state index is -0.363. The molecule has 0 amide bonds. The lowest BCUT2D eigenvalue weighted by Crippen LogP contribution is -2.40. The molecule has 2 aromatic carbocycles.